The predicted octanol–water partition coefficient (Wildman–Crippen LogP) is 2.65. The van der Waals surface area contributed by atoms with Crippen LogP contribution in [-0.2, 0) is 6.54 Å². The van der Waals surface area contributed by atoms with E-state index in [-0.39, 0.29) is 24.5 Å². The number of thiophene rings is 1. The van der Waals surface area contributed by atoms with Crippen molar-refractivity contribution in [2.75, 3.05) is 6.61 Å². The Balaban J connectivity index is 1.72. The van der Waals surface area contributed by atoms with E-state index in [0.717, 1.165) is 10.4 Å². The van der Waals surface area contributed by atoms with Gasteiger partial charge >= 0.3 is 0 Å². The summed E-state index contributed by atoms with van der Waals surface area (Å²) in [6.45, 7) is 3.93. The molecule has 0 radical (unpaired) electrons. The molecule has 0 fully saturated rings. The summed E-state index contributed by atoms with van der Waals surface area (Å²) >= 11 is 1.49. The van der Waals surface area contributed by atoms with Crippen LogP contribution < -0.4 is 10.3 Å². The van der Waals surface area contributed by atoms with Crippen LogP contribution in [0.1, 0.15) is 10.4 Å². The summed E-state index contributed by atoms with van der Waals surface area (Å²) in [4.78, 5) is 18.6. The average Bonchev–Trinajstić information content (AvgIpc) is 2.85. The van der Waals surface area contributed by atoms with Crippen LogP contribution in [0, 0.1) is 19.7 Å². The van der Waals surface area contributed by atoms with Crippen LogP contribution in [0.2, 0.25) is 0 Å². The Labute approximate surface area is 142 Å². The first-order valence-electron chi connectivity index (χ1n) is 7.47. The van der Waals surface area contributed by atoms with Crippen LogP contribution in [0.5, 0.6) is 5.75 Å². The normalized spacial score (nSPS) is 12.5. The monoisotopic (exact) mass is 348 g/mol. The smallest absolute Gasteiger partial charge is 0.262 e. The minimum Gasteiger partial charge on any atom is -0.491 e. The molecular weight excluding hydrogens is 331 g/mol. The Morgan fingerprint density at radius 3 is 2.75 bits per heavy atom. The number of halogens is 1. The average molecular weight is 348 g/mol. The highest BCUT2D eigenvalue weighted by Crippen LogP contribution is 2.25. The first-order valence-corrected chi connectivity index (χ1v) is 8.29. The fourth-order valence-electron chi connectivity index (χ4n) is 2.40. The van der Waals surface area contributed by atoms with E-state index in [0.29, 0.717) is 16.0 Å². The van der Waals surface area contributed by atoms with Crippen molar-refractivity contribution in [1.82, 2.24) is 9.55 Å². The molecule has 0 unspecified atom stereocenters. The molecule has 3 aromatic rings. The maximum atomic E-state index is 12.8. The lowest BCUT2D eigenvalue weighted by Gasteiger charge is -2.13. The molecule has 3 rings (SSSR count). The van der Waals surface area contributed by atoms with Gasteiger partial charge in [0.15, 0.2) is 0 Å². The second kappa shape index (κ2) is 6.70. The van der Waals surface area contributed by atoms with E-state index in [1.54, 1.807) is 0 Å². The molecule has 2 aromatic heterocycles. The fraction of sp³-hybridized carbons (Fsp3) is 0.294. The minimum atomic E-state index is -0.882. The standard InChI is InChI=1S/C17H17FN2O3S/c1-10-11(2)24-16-15(10)17(22)20(9-19-16)7-13(21)8-23-14-5-3-12(18)4-6-14/h3-6,9,13,21H,7-8H2,1-2H3/t13-/m0/s1. The SMILES string of the molecule is Cc1sc2ncn(C[C@H](O)COc3ccc(F)cc3)c(=O)c2c1C. The highest BCUT2D eigenvalue weighted by Gasteiger charge is 2.14. The van der Waals surface area contributed by atoms with Gasteiger partial charge < -0.3 is 9.84 Å². The van der Waals surface area contributed by atoms with Gasteiger partial charge in [-0.3, -0.25) is 9.36 Å². The van der Waals surface area contributed by atoms with E-state index >= 15 is 0 Å². The zero-order valence-electron chi connectivity index (χ0n) is 13.3. The summed E-state index contributed by atoms with van der Waals surface area (Å²) in [5, 5.41) is 10.7. The molecule has 1 N–H and O–H groups in total. The van der Waals surface area contributed by atoms with Crippen LogP contribution >= 0.6 is 11.3 Å². The van der Waals surface area contributed by atoms with Crippen LogP contribution in [0.25, 0.3) is 10.2 Å². The van der Waals surface area contributed by atoms with Gasteiger partial charge in [0.05, 0.1) is 18.3 Å². The number of hydrogen-bond donors (Lipinski definition) is 1. The number of nitrogens with zero attached hydrogens (tertiary/aromatic N) is 2. The molecule has 2 heterocycles. The first kappa shape index (κ1) is 16.6. The zero-order chi connectivity index (χ0) is 17.3. The molecule has 0 amide bonds. The number of fused-ring (bicyclic) bond motifs is 1. The molecule has 5 nitrogen and oxygen atoms in total. The predicted molar refractivity (Wildman–Crippen MR) is 91.3 cm³/mol. The molecular formula is C17H17FN2O3S. The summed E-state index contributed by atoms with van der Waals surface area (Å²) in [6.07, 6.45) is 0.563. The highest BCUT2D eigenvalue weighted by molar-refractivity contribution is 7.18. The van der Waals surface area contributed by atoms with Crippen molar-refractivity contribution in [3.8, 4) is 5.75 Å². The van der Waals surface area contributed by atoms with Crippen LogP contribution in [0.4, 0.5) is 4.39 Å². The van der Waals surface area contributed by atoms with Gasteiger partial charge in [0.25, 0.3) is 5.56 Å². The van der Waals surface area contributed by atoms with Gasteiger partial charge in [-0.15, -0.1) is 11.3 Å². The Hall–Kier alpha value is -2.25. The third-order valence-electron chi connectivity index (χ3n) is 3.82. The van der Waals surface area contributed by atoms with Crippen molar-refractivity contribution < 1.29 is 14.2 Å². The Morgan fingerprint density at radius 2 is 2.04 bits per heavy atom. The van der Waals surface area contributed by atoms with Gasteiger partial charge in [-0.1, -0.05) is 0 Å². The quantitative estimate of drug-likeness (QED) is 0.770. The lowest BCUT2D eigenvalue weighted by molar-refractivity contribution is 0.0914. The van der Waals surface area contributed by atoms with Crippen LogP contribution in [0.3, 0.4) is 0 Å². The number of ether oxygens (including phenoxy) is 1. The lowest BCUT2D eigenvalue weighted by Crippen LogP contribution is -2.30. The van der Waals surface area contributed by atoms with E-state index in [1.807, 2.05) is 13.8 Å². The Kier molecular flexibility index (Phi) is 4.64. The van der Waals surface area contributed by atoms with Crippen LogP contribution in [0.15, 0.2) is 35.4 Å². The summed E-state index contributed by atoms with van der Waals surface area (Å²) in [7, 11) is 0. The van der Waals surface area contributed by atoms with Gasteiger partial charge in [-0.2, -0.15) is 0 Å². The number of aliphatic hydroxyl groups is 1. The Bertz CT molecular complexity index is 918. The molecule has 0 saturated carbocycles. The number of aromatic nitrogens is 2. The molecule has 0 aliphatic rings. The lowest BCUT2D eigenvalue weighted by atomic mass is 10.2. The van der Waals surface area contributed by atoms with E-state index in [4.69, 9.17) is 4.74 Å². The topological polar surface area (TPSA) is 64.3 Å². The molecule has 1 atom stereocenters. The molecule has 0 saturated heterocycles. The molecule has 0 aliphatic heterocycles. The molecule has 0 spiro atoms. The number of benzene rings is 1. The van der Waals surface area contributed by atoms with Crippen molar-refractivity contribution in [2.45, 2.75) is 26.5 Å². The molecule has 126 valence electrons. The number of aliphatic hydroxyl groups excluding tert-OH is 1. The van der Waals surface area contributed by atoms with Crippen molar-refractivity contribution in [1.29, 1.82) is 0 Å². The Morgan fingerprint density at radius 1 is 1.33 bits per heavy atom. The van der Waals surface area contributed by atoms with Crippen molar-refractivity contribution in [3.63, 3.8) is 0 Å². The molecule has 0 aliphatic carbocycles. The third kappa shape index (κ3) is 3.32. The highest BCUT2D eigenvalue weighted by atomic mass is 32.1. The maximum Gasteiger partial charge on any atom is 0.262 e. The second-order valence-corrected chi connectivity index (χ2v) is 6.79. The summed E-state index contributed by atoms with van der Waals surface area (Å²) in [5.41, 5.74) is 0.765. The minimum absolute atomic E-state index is 0.00223. The number of hydrogen-bond acceptors (Lipinski definition) is 5. The third-order valence-corrected chi connectivity index (χ3v) is 4.93. The van der Waals surface area contributed by atoms with E-state index in [2.05, 4.69) is 4.98 Å². The number of rotatable bonds is 5. The number of aryl methyl sites for hydroxylation is 2. The van der Waals surface area contributed by atoms with E-state index in [9.17, 15) is 14.3 Å². The maximum absolute atomic E-state index is 12.8. The van der Waals surface area contributed by atoms with Crippen molar-refractivity contribution in [2.24, 2.45) is 0 Å². The van der Waals surface area contributed by atoms with Gasteiger partial charge in [-0.05, 0) is 43.7 Å². The van der Waals surface area contributed by atoms with Gasteiger partial charge in [0.1, 0.15) is 29.1 Å². The molecule has 24 heavy (non-hydrogen) atoms. The molecule has 1 aromatic carbocycles. The van der Waals surface area contributed by atoms with Crippen LogP contribution in [-0.4, -0.2) is 27.4 Å². The van der Waals surface area contributed by atoms with E-state index in [1.165, 1.54) is 46.5 Å². The van der Waals surface area contributed by atoms with Crippen molar-refractivity contribution in [3.05, 3.63) is 57.2 Å². The van der Waals surface area contributed by atoms with Gasteiger partial charge in [-0.25, -0.2) is 9.37 Å². The summed E-state index contributed by atoms with van der Waals surface area (Å²) < 4.78 is 19.6. The second-order valence-electron chi connectivity index (χ2n) is 5.58. The van der Waals surface area contributed by atoms with Gasteiger partial charge in [0.2, 0.25) is 0 Å². The zero-order valence-corrected chi connectivity index (χ0v) is 14.1. The fourth-order valence-corrected chi connectivity index (χ4v) is 3.39. The summed E-state index contributed by atoms with van der Waals surface area (Å²) in [5.74, 6) is 0.107. The largest absolute Gasteiger partial charge is 0.491 e. The molecule has 7 heteroatoms. The first-order chi connectivity index (χ1) is 11.5. The summed E-state index contributed by atoms with van der Waals surface area (Å²) in [6, 6.07) is 5.54. The van der Waals surface area contributed by atoms with Gasteiger partial charge in [0, 0.05) is 4.88 Å². The van der Waals surface area contributed by atoms with E-state index < -0.39 is 6.10 Å². The molecule has 0 bridgehead atoms. The van der Waals surface area contributed by atoms with Crippen molar-refractivity contribution >= 4 is 21.6 Å².